The topological polar surface area (TPSA) is 78.0 Å². The largest absolute Gasteiger partial charge is 0.390 e. The van der Waals surface area contributed by atoms with Gasteiger partial charge < -0.3 is 10.1 Å². The monoisotopic (exact) mass is 325 g/mol. The number of carbonyl (C=O) groups excluding carboxylic acids is 1. The molecule has 6 rings (SSSR count). The van der Waals surface area contributed by atoms with Gasteiger partial charge in [-0.05, 0) is 67.9 Å². The van der Waals surface area contributed by atoms with Gasteiger partial charge in [-0.25, -0.2) is 4.98 Å². The van der Waals surface area contributed by atoms with Crippen LogP contribution in [0.25, 0.3) is 11.0 Å². The fraction of sp³-hybridized carbons (Fsp3) is 0.579. The molecule has 4 bridgehead atoms. The van der Waals surface area contributed by atoms with Gasteiger partial charge in [0.25, 0.3) is 0 Å². The molecule has 1 heterocycles. The van der Waals surface area contributed by atoms with Gasteiger partial charge in [-0.1, -0.05) is 12.1 Å². The summed E-state index contributed by atoms with van der Waals surface area (Å²) in [4.78, 5) is 20.2. The lowest BCUT2D eigenvalue weighted by molar-refractivity contribution is -0.167. The molecule has 2 atom stereocenters. The van der Waals surface area contributed by atoms with E-state index in [4.69, 9.17) is 0 Å². The van der Waals surface area contributed by atoms with Crippen LogP contribution in [-0.4, -0.2) is 26.6 Å². The molecule has 0 saturated heterocycles. The number of aromatic nitrogens is 2. The van der Waals surface area contributed by atoms with Gasteiger partial charge in [-0.15, -0.1) is 0 Å². The van der Waals surface area contributed by atoms with Crippen LogP contribution in [0.1, 0.15) is 44.9 Å². The molecule has 5 nitrogen and oxygen atoms in total. The maximum Gasteiger partial charge on any atom is 0.227 e. The minimum Gasteiger partial charge on any atom is -0.390 e. The Morgan fingerprint density at radius 3 is 2.71 bits per heavy atom. The van der Waals surface area contributed by atoms with E-state index in [2.05, 4.69) is 15.3 Å². The van der Waals surface area contributed by atoms with Crippen molar-refractivity contribution in [2.24, 2.45) is 17.3 Å². The lowest BCUT2D eigenvalue weighted by Crippen LogP contribution is -2.56. The minimum atomic E-state index is -0.510. The number of hydrogen-bond acceptors (Lipinski definition) is 3. The number of nitrogens with zero attached hydrogens (tertiary/aromatic N) is 1. The number of benzene rings is 1. The fourth-order valence-electron chi connectivity index (χ4n) is 6.14. The molecule has 1 aromatic carbocycles. The van der Waals surface area contributed by atoms with Crippen molar-refractivity contribution in [2.45, 2.75) is 50.5 Å². The van der Waals surface area contributed by atoms with Crippen LogP contribution < -0.4 is 5.32 Å². The second kappa shape index (κ2) is 4.82. The summed E-state index contributed by atoms with van der Waals surface area (Å²) >= 11 is 0. The maximum absolute atomic E-state index is 12.6. The quantitative estimate of drug-likeness (QED) is 0.811. The number of fused-ring (bicyclic) bond motifs is 1. The highest BCUT2D eigenvalue weighted by molar-refractivity contribution is 5.91. The highest BCUT2D eigenvalue weighted by Gasteiger charge is 2.57. The Kier molecular flexibility index (Phi) is 2.90. The highest BCUT2D eigenvalue weighted by atomic mass is 16.3. The average Bonchev–Trinajstić information content (AvgIpc) is 2.85. The van der Waals surface area contributed by atoms with Gasteiger partial charge in [0.05, 0.1) is 16.6 Å². The van der Waals surface area contributed by atoms with Crippen molar-refractivity contribution < 1.29 is 9.90 Å². The summed E-state index contributed by atoms with van der Waals surface area (Å²) in [5, 5.41) is 13.7. The fourth-order valence-corrected chi connectivity index (χ4v) is 6.14. The summed E-state index contributed by atoms with van der Waals surface area (Å²) < 4.78 is 0. The number of aromatic amines is 1. The number of para-hydroxylation sites is 2. The maximum atomic E-state index is 12.6. The third-order valence-corrected chi connectivity index (χ3v) is 6.33. The zero-order valence-electron chi connectivity index (χ0n) is 13.7. The number of amides is 1. The Balaban J connectivity index is 1.33. The molecule has 2 unspecified atom stereocenters. The Labute approximate surface area is 140 Å². The summed E-state index contributed by atoms with van der Waals surface area (Å²) in [5.74, 6) is 1.75. The first kappa shape index (κ1) is 14.5. The van der Waals surface area contributed by atoms with Crippen LogP contribution in [0, 0.1) is 17.3 Å². The molecular formula is C19H23N3O2. The molecule has 4 aliphatic rings. The number of H-pyrrole nitrogens is 1. The standard InChI is InChI=1S/C19H23N3O2/c23-16(22-17-20-14-3-1-2-4-15(14)21-17)10-18-6-12-5-13(7-18)9-19(24,8-12)11-18/h1-4,12-13,24H,5-11H2,(H2,20,21,22,23). The van der Waals surface area contributed by atoms with Crippen molar-refractivity contribution in [3.05, 3.63) is 24.3 Å². The van der Waals surface area contributed by atoms with Crippen molar-refractivity contribution in [2.75, 3.05) is 5.32 Å². The number of nitrogens with one attached hydrogen (secondary N) is 2. The molecule has 4 saturated carbocycles. The molecule has 1 amide bonds. The van der Waals surface area contributed by atoms with E-state index < -0.39 is 5.60 Å². The number of anilines is 1. The average molecular weight is 325 g/mol. The second-order valence-corrected chi connectivity index (χ2v) is 8.51. The Bertz CT molecular complexity index is 765. The van der Waals surface area contributed by atoms with Crippen LogP contribution >= 0.6 is 0 Å². The summed E-state index contributed by atoms with van der Waals surface area (Å²) in [6, 6.07) is 7.76. The summed E-state index contributed by atoms with van der Waals surface area (Å²) in [6.45, 7) is 0. The van der Waals surface area contributed by atoms with E-state index >= 15 is 0 Å². The molecule has 4 aliphatic carbocycles. The predicted octanol–water partition coefficient (Wildman–Crippen LogP) is 3.22. The van der Waals surface area contributed by atoms with Crippen molar-refractivity contribution in [3.8, 4) is 0 Å². The number of imidazole rings is 1. The van der Waals surface area contributed by atoms with Crippen LogP contribution in [0.5, 0.6) is 0 Å². The Morgan fingerprint density at radius 1 is 1.25 bits per heavy atom. The molecular weight excluding hydrogens is 302 g/mol. The van der Waals surface area contributed by atoms with Crippen LogP contribution in [-0.2, 0) is 4.79 Å². The van der Waals surface area contributed by atoms with Crippen LogP contribution in [0.15, 0.2) is 24.3 Å². The molecule has 0 radical (unpaired) electrons. The Morgan fingerprint density at radius 2 is 2.00 bits per heavy atom. The second-order valence-electron chi connectivity index (χ2n) is 8.51. The molecule has 3 N–H and O–H groups in total. The zero-order valence-corrected chi connectivity index (χ0v) is 13.7. The van der Waals surface area contributed by atoms with E-state index in [1.165, 1.54) is 6.42 Å². The van der Waals surface area contributed by atoms with Crippen molar-refractivity contribution in [1.82, 2.24) is 9.97 Å². The van der Waals surface area contributed by atoms with Gasteiger partial charge in [0.15, 0.2) is 0 Å². The minimum absolute atomic E-state index is 0.00503. The van der Waals surface area contributed by atoms with E-state index in [-0.39, 0.29) is 11.3 Å². The first-order chi connectivity index (χ1) is 11.5. The number of carbonyl (C=O) groups is 1. The summed E-state index contributed by atoms with van der Waals surface area (Å²) in [6.07, 6.45) is 6.61. The SMILES string of the molecule is O=C(CC12CC3CC(CC(O)(C3)C1)C2)Nc1nc2ccccc2[nH]1. The molecule has 0 spiro atoms. The van der Waals surface area contributed by atoms with Crippen LogP contribution in [0.4, 0.5) is 5.95 Å². The molecule has 2 aromatic rings. The normalized spacial score (nSPS) is 37.0. The lowest BCUT2D eigenvalue weighted by Gasteiger charge is -2.60. The first-order valence-electron chi connectivity index (χ1n) is 8.98. The first-order valence-corrected chi connectivity index (χ1v) is 8.98. The van der Waals surface area contributed by atoms with E-state index in [0.29, 0.717) is 24.2 Å². The molecule has 0 aliphatic heterocycles. The molecule has 4 fully saturated rings. The predicted molar refractivity (Wildman–Crippen MR) is 91.4 cm³/mol. The van der Waals surface area contributed by atoms with Gasteiger partial charge in [0.1, 0.15) is 0 Å². The van der Waals surface area contributed by atoms with Crippen molar-refractivity contribution in [1.29, 1.82) is 0 Å². The molecule has 5 heteroatoms. The van der Waals surface area contributed by atoms with E-state index in [1.54, 1.807) is 0 Å². The summed E-state index contributed by atoms with van der Waals surface area (Å²) in [7, 11) is 0. The number of rotatable bonds is 3. The van der Waals surface area contributed by atoms with Crippen molar-refractivity contribution >= 4 is 22.9 Å². The van der Waals surface area contributed by atoms with Crippen molar-refractivity contribution in [3.63, 3.8) is 0 Å². The van der Waals surface area contributed by atoms with Gasteiger partial charge in [0, 0.05) is 6.42 Å². The van der Waals surface area contributed by atoms with E-state index in [9.17, 15) is 9.90 Å². The van der Waals surface area contributed by atoms with Crippen LogP contribution in [0.3, 0.4) is 0 Å². The summed E-state index contributed by atoms with van der Waals surface area (Å²) in [5.41, 5.74) is 1.27. The molecule has 126 valence electrons. The van der Waals surface area contributed by atoms with Gasteiger partial charge in [-0.3, -0.25) is 10.1 Å². The number of aliphatic hydroxyl groups is 1. The Hall–Kier alpha value is -1.88. The molecule has 24 heavy (non-hydrogen) atoms. The van der Waals surface area contributed by atoms with E-state index in [0.717, 1.165) is 43.1 Å². The lowest BCUT2D eigenvalue weighted by atomic mass is 9.47. The smallest absolute Gasteiger partial charge is 0.227 e. The molecule has 1 aromatic heterocycles. The zero-order chi connectivity index (χ0) is 16.4. The van der Waals surface area contributed by atoms with Gasteiger partial charge in [0.2, 0.25) is 11.9 Å². The number of hydrogen-bond donors (Lipinski definition) is 3. The van der Waals surface area contributed by atoms with Gasteiger partial charge in [-0.2, -0.15) is 0 Å². The third kappa shape index (κ3) is 2.34. The van der Waals surface area contributed by atoms with E-state index in [1.807, 2.05) is 24.3 Å². The third-order valence-electron chi connectivity index (χ3n) is 6.33. The van der Waals surface area contributed by atoms with Gasteiger partial charge >= 0.3 is 0 Å². The van der Waals surface area contributed by atoms with Crippen LogP contribution in [0.2, 0.25) is 0 Å². The highest BCUT2D eigenvalue weighted by Crippen LogP contribution is 2.62.